The number of hydrogen-bond donors (Lipinski definition) is 2. The predicted octanol–water partition coefficient (Wildman–Crippen LogP) is 3.39. The summed E-state index contributed by atoms with van der Waals surface area (Å²) in [6.07, 6.45) is 0.762. The Labute approximate surface area is 161 Å². The van der Waals surface area contributed by atoms with E-state index in [9.17, 15) is 9.59 Å². The van der Waals surface area contributed by atoms with Crippen molar-refractivity contribution in [1.29, 1.82) is 0 Å². The van der Waals surface area contributed by atoms with Crippen LogP contribution in [0.15, 0.2) is 36.4 Å². The first kappa shape index (κ1) is 20.4. The molecule has 2 aromatic carbocycles. The topological polar surface area (TPSA) is 94.1 Å². The van der Waals surface area contributed by atoms with Gasteiger partial charge in [0, 0.05) is 18.2 Å². The van der Waals surface area contributed by atoms with Crippen LogP contribution in [0.2, 0.25) is 5.02 Å². The van der Waals surface area contributed by atoms with Gasteiger partial charge in [-0.2, -0.15) is 0 Å². The highest BCUT2D eigenvalue weighted by atomic mass is 35.5. The molecule has 0 spiro atoms. The molecule has 144 valence electrons. The Morgan fingerprint density at radius 3 is 2.30 bits per heavy atom. The van der Waals surface area contributed by atoms with E-state index in [0.717, 1.165) is 5.56 Å². The fourth-order valence-electron chi connectivity index (χ4n) is 2.33. The molecule has 0 saturated heterocycles. The van der Waals surface area contributed by atoms with Crippen LogP contribution < -0.4 is 19.5 Å². The van der Waals surface area contributed by atoms with E-state index in [-0.39, 0.29) is 23.1 Å². The summed E-state index contributed by atoms with van der Waals surface area (Å²) in [5.41, 5.74) is 1.41. The zero-order valence-electron chi connectivity index (χ0n) is 15.0. The van der Waals surface area contributed by atoms with E-state index in [2.05, 4.69) is 5.32 Å². The summed E-state index contributed by atoms with van der Waals surface area (Å²) in [5.74, 6) is 0.271. The van der Waals surface area contributed by atoms with E-state index in [1.165, 1.54) is 12.1 Å². The predicted molar refractivity (Wildman–Crippen MR) is 101 cm³/mol. The van der Waals surface area contributed by atoms with E-state index in [1.54, 1.807) is 26.4 Å². The van der Waals surface area contributed by atoms with Crippen LogP contribution in [-0.4, -0.2) is 37.8 Å². The second-order valence-corrected chi connectivity index (χ2v) is 6.00. The van der Waals surface area contributed by atoms with Gasteiger partial charge >= 0.3 is 5.97 Å². The highest BCUT2D eigenvalue weighted by Gasteiger charge is 2.09. The summed E-state index contributed by atoms with van der Waals surface area (Å²) >= 11 is 6.04. The molecule has 0 atom stereocenters. The molecular weight excluding hydrogens is 374 g/mol. The van der Waals surface area contributed by atoms with Crippen LogP contribution >= 0.6 is 11.6 Å². The highest BCUT2D eigenvalue weighted by molar-refractivity contribution is 6.32. The maximum Gasteiger partial charge on any atom is 0.341 e. The van der Waals surface area contributed by atoms with Crippen molar-refractivity contribution >= 4 is 29.2 Å². The van der Waals surface area contributed by atoms with Crippen molar-refractivity contribution in [3.8, 4) is 17.2 Å². The number of benzene rings is 2. The lowest BCUT2D eigenvalue weighted by atomic mass is 10.1. The van der Waals surface area contributed by atoms with Crippen molar-refractivity contribution in [3.05, 3.63) is 47.0 Å². The minimum atomic E-state index is -1.10. The molecule has 0 radical (unpaired) electrons. The number of ether oxygens (including phenoxy) is 3. The second-order valence-electron chi connectivity index (χ2n) is 5.60. The lowest BCUT2D eigenvalue weighted by Crippen LogP contribution is -2.13. The summed E-state index contributed by atoms with van der Waals surface area (Å²) < 4.78 is 15.5. The van der Waals surface area contributed by atoms with Crippen molar-refractivity contribution in [2.24, 2.45) is 0 Å². The summed E-state index contributed by atoms with van der Waals surface area (Å²) in [5, 5.41) is 11.6. The molecule has 0 saturated carbocycles. The number of aryl methyl sites for hydroxylation is 1. The number of hydrogen-bond acceptors (Lipinski definition) is 5. The first-order chi connectivity index (χ1) is 12.9. The first-order valence-corrected chi connectivity index (χ1v) is 8.45. The molecule has 0 fully saturated rings. The summed E-state index contributed by atoms with van der Waals surface area (Å²) in [6, 6.07) is 10.1. The second kappa shape index (κ2) is 9.68. The van der Waals surface area contributed by atoms with Crippen LogP contribution in [0.25, 0.3) is 0 Å². The highest BCUT2D eigenvalue weighted by Crippen LogP contribution is 2.28. The van der Waals surface area contributed by atoms with Crippen LogP contribution in [-0.2, 0) is 16.0 Å². The fourth-order valence-corrected chi connectivity index (χ4v) is 2.56. The maximum atomic E-state index is 12.2. The zero-order valence-corrected chi connectivity index (χ0v) is 15.7. The third kappa shape index (κ3) is 6.38. The number of nitrogens with one attached hydrogen (secondary N) is 1. The Kier molecular flexibility index (Phi) is 7.31. The van der Waals surface area contributed by atoms with Gasteiger partial charge in [-0.1, -0.05) is 11.6 Å². The van der Waals surface area contributed by atoms with Crippen LogP contribution in [0.1, 0.15) is 12.0 Å². The Hall–Kier alpha value is -2.93. The number of halogens is 1. The van der Waals surface area contributed by atoms with Gasteiger partial charge in [0.05, 0.1) is 19.2 Å². The molecule has 2 N–H and O–H groups in total. The number of methoxy groups -OCH3 is 2. The summed E-state index contributed by atoms with van der Waals surface area (Å²) in [7, 11) is 3.14. The molecule has 0 heterocycles. The van der Waals surface area contributed by atoms with E-state index in [4.69, 9.17) is 30.9 Å². The number of carbonyl (C=O) groups is 2. The Morgan fingerprint density at radius 2 is 1.74 bits per heavy atom. The normalized spacial score (nSPS) is 10.2. The molecule has 2 rings (SSSR count). The van der Waals surface area contributed by atoms with E-state index >= 15 is 0 Å². The maximum absolute atomic E-state index is 12.2. The summed E-state index contributed by atoms with van der Waals surface area (Å²) in [4.78, 5) is 22.7. The standard InChI is InChI=1S/C19H20ClNO6/c1-25-14-7-12(8-15(10-14)26-2)3-6-18(22)21-13-4-5-17(16(20)9-13)27-11-19(23)24/h4-5,7-10H,3,6,11H2,1-2H3,(H,21,22)(H,23,24). The number of rotatable bonds is 9. The molecule has 0 aliphatic rings. The van der Waals surface area contributed by atoms with Crippen LogP contribution in [0.3, 0.4) is 0 Å². The number of carbonyl (C=O) groups excluding carboxylic acids is 1. The minimum absolute atomic E-state index is 0.188. The molecule has 1 amide bonds. The van der Waals surface area contributed by atoms with Gasteiger partial charge < -0.3 is 24.6 Å². The number of carboxylic acids is 1. The molecule has 0 bridgehead atoms. The van der Waals surface area contributed by atoms with Gasteiger partial charge in [0.2, 0.25) is 5.91 Å². The van der Waals surface area contributed by atoms with Gasteiger partial charge in [0.25, 0.3) is 0 Å². The minimum Gasteiger partial charge on any atom is -0.497 e. The molecular formula is C19H20ClNO6. The van der Waals surface area contributed by atoms with Crippen LogP contribution in [0.4, 0.5) is 5.69 Å². The third-order valence-electron chi connectivity index (χ3n) is 3.62. The summed E-state index contributed by atoms with van der Waals surface area (Å²) in [6.45, 7) is -0.491. The van der Waals surface area contributed by atoms with Crippen molar-refractivity contribution in [3.63, 3.8) is 0 Å². The SMILES string of the molecule is COc1cc(CCC(=O)Nc2ccc(OCC(=O)O)c(Cl)c2)cc(OC)c1. The molecule has 0 aliphatic carbocycles. The number of anilines is 1. The number of aliphatic carboxylic acids is 1. The van der Waals surface area contributed by atoms with Crippen molar-refractivity contribution in [1.82, 2.24) is 0 Å². The van der Waals surface area contributed by atoms with E-state index in [0.29, 0.717) is 23.6 Å². The van der Waals surface area contributed by atoms with Crippen molar-refractivity contribution < 1.29 is 28.9 Å². The largest absolute Gasteiger partial charge is 0.497 e. The van der Waals surface area contributed by atoms with E-state index in [1.807, 2.05) is 12.1 Å². The first-order valence-electron chi connectivity index (χ1n) is 8.07. The van der Waals surface area contributed by atoms with Gasteiger partial charge in [-0.15, -0.1) is 0 Å². The van der Waals surface area contributed by atoms with Gasteiger partial charge in [-0.25, -0.2) is 4.79 Å². The molecule has 8 heteroatoms. The van der Waals surface area contributed by atoms with Gasteiger partial charge in [-0.05, 0) is 42.3 Å². The van der Waals surface area contributed by atoms with Gasteiger partial charge in [0.15, 0.2) is 6.61 Å². The average Bonchev–Trinajstić information content (AvgIpc) is 2.65. The van der Waals surface area contributed by atoms with Crippen molar-refractivity contribution in [2.45, 2.75) is 12.8 Å². The lowest BCUT2D eigenvalue weighted by molar-refractivity contribution is -0.139. The van der Waals surface area contributed by atoms with Gasteiger partial charge in [0.1, 0.15) is 17.2 Å². The van der Waals surface area contributed by atoms with Crippen LogP contribution in [0.5, 0.6) is 17.2 Å². The quantitative estimate of drug-likeness (QED) is 0.678. The fraction of sp³-hybridized carbons (Fsp3) is 0.263. The van der Waals surface area contributed by atoms with Crippen LogP contribution in [0, 0.1) is 0 Å². The average molecular weight is 394 g/mol. The van der Waals surface area contributed by atoms with E-state index < -0.39 is 12.6 Å². The Bertz CT molecular complexity index is 802. The lowest BCUT2D eigenvalue weighted by Gasteiger charge is -2.10. The molecule has 2 aromatic rings. The Balaban J connectivity index is 1.94. The number of amides is 1. The third-order valence-corrected chi connectivity index (χ3v) is 3.91. The molecule has 27 heavy (non-hydrogen) atoms. The monoisotopic (exact) mass is 393 g/mol. The molecule has 0 aromatic heterocycles. The molecule has 0 aliphatic heterocycles. The molecule has 7 nitrogen and oxygen atoms in total. The smallest absolute Gasteiger partial charge is 0.341 e. The van der Waals surface area contributed by atoms with Gasteiger partial charge in [-0.3, -0.25) is 4.79 Å². The zero-order chi connectivity index (χ0) is 19.8. The Morgan fingerprint density at radius 1 is 1.07 bits per heavy atom. The van der Waals surface area contributed by atoms with Crippen molar-refractivity contribution in [2.75, 3.05) is 26.1 Å². The number of carboxylic acid groups (broad SMARTS) is 1. The molecule has 0 unspecified atom stereocenters.